The molecule has 1 rings (SSSR count). The molecule has 0 radical (unpaired) electrons. The lowest BCUT2D eigenvalue weighted by molar-refractivity contribution is 0.196. The molecule has 104 valence electrons. The van der Waals surface area contributed by atoms with E-state index in [-0.39, 0.29) is 6.04 Å². The third-order valence-electron chi connectivity index (χ3n) is 3.08. The maximum atomic E-state index is 9.88. The van der Waals surface area contributed by atoms with Crippen LogP contribution in [0.2, 0.25) is 0 Å². The first kappa shape index (κ1) is 15.5. The number of nitriles is 1. The summed E-state index contributed by atoms with van der Waals surface area (Å²) in [5.41, 5.74) is 2.34. The Morgan fingerprint density at radius 1 is 1.37 bits per heavy atom. The van der Waals surface area contributed by atoms with Crippen LogP contribution in [0.3, 0.4) is 0 Å². The van der Waals surface area contributed by atoms with Gasteiger partial charge in [0.05, 0.1) is 24.3 Å². The van der Waals surface area contributed by atoms with Gasteiger partial charge in [0, 0.05) is 30.9 Å². The number of hydrogen-bond acceptors (Lipinski definition) is 4. The number of benzene rings is 1. The molecule has 0 aliphatic heterocycles. The first-order valence-corrected chi connectivity index (χ1v) is 6.49. The van der Waals surface area contributed by atoms with Crippen molar-refractivity contribution in [1.29, 1.82) is 5.26 Å². The molecule has 0 saturated heterocycles. The molecule has 0 aromatic heterocycles. The van der Waals surface area contributed by atoms with Crippen molar-refractivity contribution in [2.24, 2.45) is 0 Å². The molecular formula is C15H22N2O2. The number of hydrogen-bond donors (Lipinski definition) is 1. The van der Waals surface area contributed by atoms with Crippen molar-refractivity contribution in [2.45, 2.75) is 32.9 Å². The van der Waals surface area contributed by atoms with Crippen LogP contribution in [0.25, 0.3) is 0 Å². The monoisotopic (exact) mass is 262 g/mol. The van der Waals surface area contributed by atoms with Crippen molar-refractivity contribution in [2.75, 3.05) is 25.2 Å². The lowest BCUT2D eigenvalue weighted by atomic mass is 10.0. The number of ether oxygens (including phenoxy) is 1. The lowest BCUT2D eigenvalue weighted by Gasteiger charge is -2.31. The van der Waals surface area contributed by atoms with Crippen LogP contribution >= 0.6 is 0 Å². The van der Waals surface area contributed by atoms with E-state index in [0.717, 1.165) is 17.8 Å². The van der Waals surface area contributed by atoms with Crippen molar-refractivity contribution in [1.82, 2.24) is 0 Å². The molecule has 4 heteroatoms. The van der Waals surface area contributed by atoms with Gasteiger partial charge in [0.25, 0.3) is 0 Å². The predicted octanol–water partition coefficient (Wildman–Crippen LogP) is 2.47. The Kier molecular flexibility index (Phi) is 5.81. The summed E-state index contributed by atoms with van der Waals surface area (Å²) in [5, 5.41) is 18.9. The lowest BCUT2D eigenvalue weighted by Crippen LogP contribution is -2.34. The zero-order valence-corrected chi connectivity index (χ0v) is 12.1. The predicted molar refractivity (Wildman–Crippen MR) is 76.1 cm³/mol. The summed E-state index contributed by atoms with van der Waals surface area (Å²) < 4.78 is 5.13. The van der Waals surface area contributed by atoms with Crippen LogP contribution in [0, 0.1) is 11.3 Å². The first-order valence-electron chi connectivity index (χ1n) is 6.49. The SMILES string of the molecule is COCCN(c1cc(C#N)ccc1C(C)O)C(C)C. The van der Waals surface area contributed by atoms with Gasteiger partial charge in [-0.2, -0.15) is 5.26 Å². The standard InChI is InChI=1S/C15H22N2O2/c1-11(2)17(7-8-19-4)15-9-13(10-16)5-6-14(15)12(3)18/h5-6,9,11-12,18H,7-8H2,1-4H3. The molecule has 1 aromatic carbocycles. The van der Waals surface area contributed by atoms with E-state index in [9.17, 15) is 5.11 Å². The smallest absolute Gasteiger partial charge is 0.0992 e. The molecule has 0 saturated carbocycles. The number of aliphatic hydroxyl groups excluding tert-OH is 1. The zero-order valence-electron chi connectivity index (χ0n) is 12.1. The highest BCUT2D eigenvalue weighted by Gasteiger charge is 2.17. The Balaban J connectivity index is 3.21. The molecule has 1 unspecified atom stereocenters. The van der Waals surface area contributed by atoms with Crippen molar-refractivity contribution in [3.63, 3.8) is 0 Å². The van der Waals surface area contributed by atoms with Gasteiger partial charge < -0.3 is 14.7 Å². The fourth-order valence-electron chi connectivity index (χ4n) is 2.06. The van der Waals surface area contributed by atoms with Crippen molar-refractivity contribution >= 4 is 5.69 Å². The second-order valence-electron chi connectivity index (χ2n) is 4.84. The maximum Gasteiger partial charge on any atom is 0.0992 e. The van der Waals surface area contributed by atoms with Crippen LogP contribution in [-0.4, -0.2) is 31.4 Å². The largest absolute Gasteiger partial charge is 0.389 e. The van der Waals surface area contributed by atoms with E-state index >= 15 is 0 Å². The number of rotatable bonds is 6. The summed E-state index contributed by atoms with van der Waals surface area (Å²) in [6.07, 6.45) is -0.563. The van der Waals surface area contributed by atoms with Crippen LogP contribution in [0.4, 0.5) is 5.69 Å². The summed E-state index contributed by atoms with van der Waals surface area (Å²) in [5.74, 6) is 0. The molecule has 1 atom stereocenters. The van der Waals surface area contributed by atoms with Crippen LogP contribution < -0.4 is 4.90 Å². The minimum atomic E-state index is -0.563. The normalized spacial score (nSPS) is 12.3. The number of methoxy groups -OCH3 is 1. The van der Waals surface area contributed by atoms with Gasteiger partial charge in [0.15, 0.2) is 0 Å². The second kappa shape index (κ2) is 7.13. The molecule has 0 heterocycles. The maximum absolute atomic E-state index is 9.88. The minimum Gasteiger partial charge on any atom is -0.389 e. The average molecular weight is 262 g/mol. The molecule has 0 spiro atoms. The van der Waals surface area contributed by atoms with Gasteiger partial charge in [0.1, 0.15) is 0 Å². The van der Waals surface area contributed by atoms with Crippen LogP contribution in [0.1, 0.15) is 38.0 Å². The van der Waals surface area contributed by atoms with Crippen molar-refractivity contribution < 1.29 is 9.84 Å². The van der Waals surface area contributed by atoms with E-state index in [0.29, 0.717) is 12.2 Å². The summed E-state index contributed by atoms with van der Waals surface area (Å²) in [4.78, 5) is 2.15. The Hall–Kier alpha value is -1.57. The van der Waals surface area contributed by atoms with Crippen LogP contribution in [0.15, 0.2) is 18.2 Å². The first-order chi connectivity index (χ1) is 9.01. The molecule has 0 aliphatic rings. The molecule has 4 nitrogen and oxygen atoms in total. The van der Waals surface area contributed by atoms with Crippen molar-refractivity contribution in [3.8, 4) is 6.07 Å². The van der Waals surface area contributed by atoms with Crippen LogP contribution in [0.5, 0.6) is 0 Å². The topological polar surface area (TPSA) is 56.5 Å². The molecule has 1 N–H and O–H groups in total. The summed E-state index contributed by atoms with van der Waals surface area (Å²) in [6.45, 7) is 7.23. The van der Waals surface area contributed by atoms with E-state index in [1.54, 1.807) is 20.1 Å². The van der Waals surface area contributed by atoms with Gasteiger partial charge >= 0.3 is 0 Å². The second-order valence-corrected chi connectivity index (χ2v) is 4.84. The molecule has 0 bridgehead atoms. The van der Waals surface area contributed by atoms with Gasteiger partial charge in [-0.1, -0.05) is 6.07 Å². The summed E-state index contributed by atoms with van der Waals surface area (Å²) in [7, 11) is 1.67. The average Bonchev–Trinajstić information content (AvgIpc) is 2.38. The number of aliphatic hydroxyl groups is 1. The van der Waals surface area contributed by atoms with Crippen molar-refractivity contribution in [3.05, 3.63) is 29.3 Å². The highest BCUT2D eigenvalue weighted by atomic mass is 16.5. The Labute approximate surface area is 115 Å². The quantitative estimate of drug-likeness (QED) is 0.855. The van der Waals surface area contributed by atoms with E-state index in [1.807, 2.05) is 12.1 Å². The summed E-state index contributed by atoms with van der Waals surface area (Å²) in [6, 6.07) is 7.80. The van der Waals surface area contributed by atoms with E-state index in [4.69, 9.17) is 10.00 Å². The molecule has 0 amide bonds. The molecule has 0 fully saturated rings. The van der Waals surface area contributed by atoms with Gasteiger partial charge in [-0.25, -0.2) is 0 Å². The molecule has 0 aliphatic carbocycles. The van der Waals surface area contributed by atoms with E-state index in [1.165, 1.54) is 0 Å². The number of anilines is 1. The van der Waals surface area contributed by atoms with Gasteiger partial charge in [-0.05, 0) is 32.9 Å². The van der Waals surface area contributed by atoms with Gasteiger partial charge in [0.2, 0.25) is 0 Å². The number of nitrogens with zero attached hydrogens (tertiary/aromatic N) is 2. The highest BCUT2D eigenvalue weighted by Crippen LogP contribution is 2.29. The van der Waals surface area contributed by atoms with E-state index < -0.39 is 6.10 Å². The Morgan fingerprint density at radius 2 is 2.05 bits per heavy atom. The Bertz CT molecular complexity index is 450. The fraction of sp³-hybridized carbons (Fsp3) is 0.533. The van der Waals surface area contributed by atoms with E-state index in [2.05, 4.69) is 24.8 Å². The molecule has 19 heavy (non-hydrogen) atoms. The summed E-state index contributed by atoms with van der Waals surface area (Å²) >= 11 is 0. The third kappa shape index (κ3) is 3.95. The minimum absolute atomic E-state index is 0.265. The third-order valence-corrected chi connectivity index (χ3v) is 3.08. The Morgan fingerprint density at radius 3 is 2.53 bits per heavy atom. The van der Waals surface area contributed by atoms with Crippen LogP contribution in [-0.2, 0) is 4.74 Å². The van der Waals surface area contributed by atoms with Gasteiger partial charge in [-0.3, -0.25) is 0 Å². The fourth-order valence-corrected chi connectivity index (χ4v) is 2.06. The molecular weight excluding hydrogens is 240 g/mol. The highest BCUT2D eigenvalue weighted by molar-refractivity contribution is 5.59. The van der Waals surface area contributed by atoms with Gasteiger partial charge in [-0.15, -0.1) is 0 Å². The zero-order chi connectivity index (χ0) is 14.4. The molecule has 1 aromatic rings.